The molecule has 1 aliphatic rings. The van der Waals surface area contributed by atoms with Gasteiger partial charge in [0.05, 0.1) is 17.1 Å². The number of pyridine rings is 1. The minimum Gasteiger partial charge on any atom is -0.505 e. The molecule has 39 heavy (non-hydrogen) atoms. The van der Waals surface area contributed by atoms with Gasteiger partial charge in [-0.25, -0.2) is 4.98 Å². The molecular formula is C35H40N2O2. The number of nitrogens with zero attached hydrogens (tertiary/aromatic N) is 1. The second kappa shape index (κ2) is 13.4. The molecule has 202 valence electrons. The van der Waals surface area contributed by atoms with Crippen molar-refractivity contribution in [3.05, 3.63) is 96.1 Å². The van der Waals surface area contributed by atoms with Crippen LogP contribution in [0, 0.1) is 5.92 Å². The Balaban J connectivity index is 1.47. The SMILES string of the molecule is O=C(NC(CC1CCCCCCCCCC1)c1ccccc1)c1c(O)c(-c2ccccc2)nc2ccccc12. The second-order valence-corrected chi connectivity index (χ2v) is 11.0. The molecule has 1 aliphatic carbocycles. The molecule has 5 rings (SSSR count). The molecule has 0 spiro atoms. The number of para-hydroxylation sites is 1. The third kappa shape index (κ3) is 6.86. The van der Waals surface area contributed by atoms with Gasteiger partial charge in [-0.2, -0.15) is 0 Å². The van der Waals surface area contributed by atoms with Gasteiger partial charge in [-0.1, -0.05) is 143 Å². The van der Waals surface area contributed by atoms with Crippen molar-refractivity contribution in [2.75, 3.05) is 0 Å². The van der Waals surface area contributed by atoms with Gasteiger partial charge in [0.1, 0.15) is 5.69 Å². The summed E-state index contributed by atoms with van der Waals surface area (Å²) in [4.78, 5) is 18.8. The maximum atomic E-state index is 14.1. The van der Waals surface area contributed by atoms with Crippen LogP contribution in [0.1, 0.15) is 92.6 Å². The van der Waals surface area contributed by atoms with Gasteiger partial charge < -0.3 is 10.4 Å². The lowest BCUT2D eigenvalue weighted by Crippen LogP contribution is -2.30. The quantitative estimate of drug-likeness (QED) is 0.267. The molecular weight excluding hydrogens is 480 g/mol. The van der Waals surface area contributed by atoms with Gasteiger partial charge >= 0.3 is 0 Å². The summed E-state index contributed by atoms with van der Waals surface area (Å²) in [7, 11) is 0. The Morgan fingerprint density at radius 2 is 1.33 bits per heavy atom. The lowest BCUT2D eigenvalue weighted by Gasteiger charge is -2.26. The van der Waals surface area contributed by atoms with E-state index in [1.807, 2.05) is 72.8 Å². The smallest absolute Gasteiger partial charge is 0.256 e. The number of aromatic hydroxyl groups is 1. The van der Waals surface area contributed by atoms with E-state index in [9.17, 15) is 9.90 Å². The molecule has 2 N–H and O–H groups in total. The maximum Gasteiger partial charge on any atom is 0.256 e. The molecule has 1 amide bonds. The Kier molecular flexibility index (Phi) is 9.26. The number of amides is 1. The van der Waals surface area contributed by atoms with Crippen LogP contribution in [0.2, 0.25) is 0 Å². The van der Waals surface area contributed by atoms with Crippen LogP contribution in [0.5, 0.6) is 5.75 Å². The number of hydrogen-bond acceptors (Lipinski definition) is 3. The Morgan fingerprint density at radius 3 is 2.00 bits per heavy atom. The first-order valence-electron chi connectivity index (χ1n) is 14.7. The summed E-state index contributed by atoms with van der Waals surface area (Å²) in [5.74, 6) is 0.240. The normalized spacial score (nSPS) is 16.3. The highest BCUT2D eigenvalue weighted by Crippen LogP contribution is 2.36. The molecule has 0 bridgehead atoms. The fourth-order valence-electron chi connectivity index (χ4n) is 6.06. The summed E-state index contributed by atoms with van der Waals surface area (Å²) in [5.41, 5.74) is 3.31. The van der Waals surface area contributed by atoms with E-state index in [1.165, 1.54) is 64.2 Å². The first kappa shape index (κ1) is 26.9. The standard InChI is InChI=1S/C35H40N2O2/c38-34-32(29-23-15-16-24-30(29)36-33(34)28-21-13-8-14-22-28)35(39)37-31(27-19-11-7-12-20-27)25-26-17-9-5-3-1-2-4-6-10-18-26/h7-8,11-16,19-24,26,31,38H,1-6,9-10,17-18,25H2,(H,37,39). The zero-order valence-electron chi connectivity index (χ0n) is 22.8. The minimum absolute atomic E-state index is 0.0702. The zero-order valence-corrected chi connectivity index (χ0v) is 22.8. The van der Waals surface area contributed by atoms with Gasteiger partial charge in [0, 0.05) is 10.9 Å². The molecule has 4 nitrogen and oxygen atoms in total. The van der Waals surface area contributed by atoms with Gasteiger partial charge in [0.15, 0.2) is 5.75 Å². The first-order valence-corrected chi connectivity index (χ1v) is 14.7. The van der Waals surface area contributed by atoms with Crippen molar-refractivity contribution in [3.63, 3.8) is 0 Å². The van der Waals surface area contributed by atoms with Crippen molar-refractivity contribution in [1.82, 2.24) is 10.3 Å². The number of carbonyl (C=O) groups is 1. The van der Waals surface area contributed by atoms with E-state index in [2.05, 4.69) is 17.4 Å². The molecule has 1 atom stereocenters. The summed E-state index contributed by atoms with van der Waals surface area (Å²) in [6, 6.07) is 27.3. The predicted molar refractivity (Wildman–Crippen MR) is 160 cm³/mol. The van der Waals surface area contributed by atoms with Crippen LogP contribution in [-0.2, 0) is 0 Å². The number of benzene rings is 3. The highest BCUT2D eigenvalue weighted by Gasteiger charge is 2.25. The molecule has 0 saturated heterocycles. The fourth-order valence-corrected chi connectivity index (χ4v) is 6.06. The van der Waals surface area contributed by atoms with Gasteiger partial charge in [-0.15, -0.1) is 0 Å². The second-order valence-electron chi connectivity index (χ2n) is 11.0. The highest BCUT2D eigenvalue weighted by molar-refractivity contribution is 6.10. The first-order chi connectivity index (χ1) is 19.2. The lowest BCUT2D eigenvalue weighted by atomic mass is 9.87. The molecule has 1 unspecified atom stereocenters. The van der Waals surface area contributed by atoms with Gasteiger partial charge in [0.25, 0.3) is 5.91 Å². The molecule has 4 heteroatoms. The van der Waals surface area contributed by atoms with Crippen molar-refractivity contribution < 1.29 is 9.90 Å². The number of nitrogens with one attached hydrogen (secondary N) is 1. The van der Waals surface area contributed by atoms with Crippen LogP contribution in [0.4, 0.5) is 0 Å². The van der Waals surface area contributed by atoms with Crippen molar-refractivity contribution in [2.45, 2.75) is 76.7 Å². The van der Waals surface area contributed by atoms with E-state index in [-0.39, 0.29) is 17.7 Å². The number of hydrogen-bond donors (Lipinski definition) is 2. The highest BCUT2D eigenvalue weighted by atomic mass is 16.3. The summed E-state index contributed by atoms with van der Waals surface area (Å²) in [6.45, 7) is 0. The summed E-state index contributed by atoms with van der Waals surface area (Å²) in [6.07, 6.45) is 13.9. The zero-order chi connectivity index (χ0) is 26.9. The molecule has 3 aromatic carbocycles. The van der Waals surface area contributed by atoms with E-state index < -0.39 is 0 Å². The van der Waals surface area contributed by atoms with E-state index >= 15 is 0 Å². The van der Waals surface area contributed by atoms with Crippen LogP contribution in [0.3, 0.4) is 0 Å². The van der Waals surface area contributed by atoms with E-state index in [0.29, 0.717) is 28.1 Å². The average Bonchev–Trinajstić information content (AvgIpc) is 3.03. The largest absolute Gasteiger partial charge is 0.505 e. The number of fused-ring (bicyclic) bond motifs is 1. The molecule has 1 aromatic heterocycles. The summed E-state index contributed by atoms with van der Waals surface area (Å²) in [5, 5.41) is 15.5. The molecule has 4 aromatic rings. The molecule has 0 radical (unpaired) electrons. The number of aromatic nitrogens is 1. The number of carbonyl (C=O) groups excluding carboxylic acids is 1. The lowest BCUT2D eigenvalue weighted by molar-refractivity contribution is 0.0928. The average molecular weight is 521 g/mol. The Hall–Kier alpha value is -3.66. The molecule has 1 fully saturated rings. The van der Waals surface area contributed by atoms with Crippen molar-refractivity contribution in [2.24, 2.45) is 5.92 Å². The predicted octanol–water partition coefficient (Wildman–Crippen LogP) is 9.00. The molecule has 0 aliphatic heterocycles. The van der Waals surface area contributed by atoms with E-state index in [0.717, 1.165) is 17.5 Å². The third-order valence-electron chi connectivity index (χ3n) is 8.19. The Bertz CT molecular complexity index is 1340. The minimum atomic E-state index is -0.256. The van der Waals surface area contributed by atoms with E-state index in [1.54, 1.807) is 0 Å². The van der Waals surface area contributed by atoms with Gasteiger partial charge in [-0.05, 0) is 24.0 Å². The summed E-state index contributed by atoms with van der Waals surface area (Å²) < 4.78 is 0. The third-order valence-corrected chi connectivity index (χ3v) is 8.19. The maximum absolute atomic E-state index is 14.1. The van der Waals surface area contributed by atoms with Gasteiger partial charge in [-0.3, -0.25) is 4.79 Å². The van der Waals surface area contributed by atoms with Crippen molar-refractivity contribution in [3.8, 4) is 17.0 Å². The van der Waals surface area contributed by atoms with E-state index in [4.69, 9.17) is 4.98 Å². The van der Waals surface area contributed by atoms with Crippen molar-refractivity contribution in [1.29, 1.82) is 0 Å². The van der Waals surface area contributed by atoms with Crippen LogP contribution < -0.4 is 5.32 Å². The van der Waals surface area contributed by atoms with Crippen LogP contribution in [-0.4, -0.2) is 16.0 Å². The van der Waals surface area contributed by atoms with Crippen LogP contribution in [0.25, 0.3) is 22.2 Å². The number of rotatable bonds is 6. The van der Waals surface area contributed by atoms with Crippen LogP contribution >= 0.6 is 0 Å². The molecule has 1 saturated carbocycles. The summed E-state index contributed by atoms with van der Waals surface area (Å²) >= 11 is 0. The Labute approximate surface area is 232 Å². The molecule has 1 heterocycles. The fraction of sp³-hybridized carbons (Fsp3) is 0.371. The van der Waals surface area contributed by atoms with Crippen LogP contribution in [0.15, 0.2) is 84.9 Å². The van der Waals surface area contributed by atoms with Crippen molar-refractivity contribution >= 4 is 16.8 Å². The van der Waals surface area contributed by atoms with Gasteiger partial charge in [0.2, 0.25) is 0 Å². The monoisotopic (exact) mass is 520 g/mol. The Morgan fingerprint density at radius 1 is 0.769 bits per heavy atom. The topological polar surface area (TPSA) is 62.2 Å².